The maximum Gasteiger partial charge on any atom is 0.289 e. The smallest absolute Gasteiger partial charge is 0.289 e. The normalized spacial score (nSPS) is 20.3. The van der Waals surface area contributed by atoms with Crippen molar-refractivity contribution in [2.45, 2.75) is 38.0 Å². The summed E-state index contributed by atoms with van der Waals surface area (Å²) in [5.74, 6) is 0.771. The van der Waals surface area contributed by atoms with E-state index in [1.54, 1.807) is 0 Å². The molecule has 0 bridgehead atoms. The Hall–Kier alpha value is -1.51. The summed E-state index contributed by atoms with van der Waals surface area (Å²) < 4.78 is 5.34. The maximum atomic E-state index is 5.34. The molecule has 3 heteroatoms. The van der Waals surface area contributed by atoms with E-state index in [1.165, 1.54) is 37.7 Å². The van der Waals surface area contributed by atoms with Crippen molar-refractivity contribution in [3.63, 3.8) is 0 Å². The molecule has 1 heterocycles. The van der Waals surface area contributed by atoms with Gasteiger partial charge in [0.05, 0.1) is 6.54 Å². The van der Waals surface area contributed by atoms with Gasteiger partial charge in [0.1, 0.15) is 6.61 Å². The number of hydrogen-bond donors (Lipinski definition) is 1. The SMILES string of the molecule is c1cc(C2CCCCC2)ccc1NC1=NCCO1. The molecule has 1 aromatic rings. The molecule has 18 heavy (non-hydrogen) atoms. The summed E-state index contributed by atoms with van der Waals surface area (Å²) in [6, 6.07) is 9.41. The molecular weight excluding hydrogens is 224 g/mol. The Bertz CT molecular complexity index is 419. The summed E-state index contributed by atoms with van der Waals surface area (Å²) in [5.41, 5.74) is 2.55. The number of ether oxygens (including phenoxy) is 1. The molecule has 0 radical (unpaired) electrons. The van der Waals surface area contributed by atoms with Crippen LogP contribution in [-0.2, 0) is 4.74 Å². The van der Waals surface area contributed by atoms with E-state index in [2.05, 4.69) is 34.6 Å². The first-order valence-electron chi connectivity index (χ1n) is 6.96. The van der Waals surface area contributed by atoms with Gasteiger partial charge in [0.25, 0.3) is 6.02 Å². The van der Waals surface area contributed by atoms with Gasteiger partial charge in [0.15, 0.2) is 0 Å². The summed E-state index contributed by atoms with van der Waals surface area (Å²) in [4.78, 5) is 4.23. The third-order valence-electron chi connectivity index (χ3n) is 3.82. The number of rotatable bonds is 2. The van der Waals surface area contributed by atoms with Crippen LogP contribution in [0.15, 0.2) is 29.3 Å². The Morgan fingerprint density at radius 3 is 2.50 bits per heavy atom. The van der Waals surface area contributed by atoms with E-state index >= 15 is 0 Å². The highest BCUT2D eigenvalue weighted by Crippen LogP contribution is 2.32. The Labute approximate surface area is 108 Å². The first-order chi connectivity index (χ1) is 8.92. The minimum absolute atomic E-state index is 0.653. The standard InChI is InChI=1S/C15H20N2O/c1-2-4-12(5-3-1)13-6-8-14(9-7-13)17-15-16-10-11-18-15/h6-9,12H,1-5,10-11H2,(H,16,17). The number of benzene rings is 1. The Morgan fingerprint density at radius 2 is 1.83 bits per heavy atom. The first kappa shape index (κ1) is 11.6. The summed E-state index contributed by atoms with van der Waals surface area (Å²) in [5, 5.41) is 3.20. The van der Waals surface area contributed by atoms with Crippen molar-refractivity contribution >= 4 is 11.7 Å². The van der Waals surface area contributed by atoms with Crippen LogP contribution in [0.5, 0.6) is 0 Å². The van der Waals surface area contributed by atoms with Gasteiger partial charge in [0, 0.05) is 5.69 Å². The first-order valence-corrected chi connectivity index (χ1v) is 6.96. The molecule has 0 amide bonds. The van der Waals surface area contributed by atoms with Gasteiger partial charge < -0.3 is 10.1 Å². The average molecular weight is 244 g/mol. The molecule has 0 unspecified atom stereocenters. The maximum absolute atomic E-state index is 5.34. The molecule has 1 aliphatic heterocycles. The minimum Gasteiger partial charge on any atom is -0.463 e. The van der Waals surface area contributed by atoms with Crippen LogP contribution in [0, 0.1) is 0 Å². The topological polar surface area (TPSA) is 33.6 Å². The van der Waals surface area contributed by atoms with E-state index in [0.717, 1.165) is 18.2 Å². The molecule has 3 nitrogen and oxygen atoms in total. The van der Waals surface area contributed by atoms with Gasteiger partial charge >= 0.3 is 0 Å². The molecule has 0 aromatic heterocycles. The van der Waals surface area contributed by atoms with Gasteiger partial charge in [-0.05, 0) is 36.5 Å². The number of nitrogens with zero attached hydrogens (tertiary/aromatic N) is 1. The van der Waals surface area contributed by atoms with Crippen molar-refractivity contribution in [2.75, 3.05) is 18.5 Å². The third kappa shape index (κ3) is 2.66. The molecule has 0 saturated heterocycles. The zero-order valence-electron chi connectivity index (χ0n) is 10.7. The largest absolute Gasteiger partial charge is 0.463 e. The molecule has 0 spiro atoms. The number of amidine groups is 1. The minimum atomic E-state index is 0.653. The molecule has 1 N–H and O–H groups in total. The molecule has 96 valence electrons. The fourth-order valence-electron chi connectivity index (χ4n) is 2.81. The van der Waals surface area contributed by atoms with Gasteiger partial charge in [-0.25, -0.2) is 4.99 Å². The molecule has 2 aliphatic rings. The predicted octanol–water partition coefficient (Wildman–Crippen LogP) is 3.53. The van der Waals surface area contributed by atoms with Crippen LogP contribution >= 0.6 is 0 Å². The van der Waals surface area contributed by atoms with Crippen molar-refractivity contribution in [1.29, 1.82) is 0 Å². The van der Waals surface area contributed by atoms with Crippen molar-refractivity contribution in [3.8, 4) is 0 Å². The second-order valence-electron chi connectivity index (χ2n) is 5.12. The van der Waals surface area contributed by atoms with Crippen molar-refractivity contribution < 1.29 is 4.74 Å². The number of nitrogens with one attached hydrogen (secondary N) is 1. The van der Waals surface area contributed by atoms with Crippen LogP contribution in [0.4, 0.5) is 5.69 Å². The fraction of sp³-hybridized carbons (Fsp3) is 0.533. The molecule has 1 saturated carbocycles. The number of aliphatic imine (C=N–C) groups is 1. The lowest BCUT2D eigenvalue weighted by atomic mass is 9.84. The lowest BCUT2D eigenvalue weighted by Gasteiger charge is -2.22. The summed E-state index contributed by atoms with van der Waals surface area (Å²) in [7, 11) is 0. The van der Waals surface area contributed by atoms with Crippen LogP contribution in [0.1, 0.15) is 43.6 Å². The molecule has 3 rings (SSSR count). The fourth-order valence-corrected chi connectivity index (χ4v) is 2.81. The monoisotopic (exact) mass is 244 g/mol. The van der Waals surface area contributed by atoms with Crippen molar-refractivity contribution in [3.05, 3.63) is 29.8 Å². The number of hydrogen-bond acceptors (Lipinski definition) is 3. The lowest BCUT2D eigenvalue weighted by Crippen LogP contribution is -2.12. The van der Waals surface area contributed by atoms with Gasteiger partial charge in [-0.15, -0.1) is 0 Å². The zero-order valence-corrected chi connectivity index (χ0v) is 10.7. The summed E-state index contributed by atoms with van der Waals surface area (Å²) in [6.07, 6.45) is 6.88. The van der Waals surface area contributed by atoms with Crippen LogP contribution < -0.4 is 5.32 Å². The number of anilines is 1. The van der Waals surface area contributed by atoms with E-state index in [9.17, 15) is 0 Å². The third-order valence-corrected chi connectivity index (χ3v) is 3.82. The van der Waals surface area contributed by atoms with Gasteiger partial charge in [-0.1, -0.05) is 31.4 Å². The quantitative estimate of drug-likeness (QED) is 0.863. The van der Waals surface area contributed by atoms with Crippen molar-refractivity contribution in [1.82, 2.24) is 0 Å². The second kappa shape index (κ2) is 5.42. The summed E-state index contributed by atoms with van der Waals surface area (Å²) in [6.45, 7) is 1.46. The zero-order chi connectivity index (χ0) is 12.2. The molecular formula is C15H20N2O. The molecule has 1 aliphatic carbocycles. The van der Waals surface area contributed by atoms with Gasteiger partial charge in [0.2, 0.25) is 0 Å². The summed E-state index contributed by atoms with van der Waals surface area (Å²) >= 11 is 0. The Morgan fingerprint density at radius 1 is 1.06 bits per heavy atom. The predicted molar refractivity (Wildman–Crippen MR) is 74.1 cm³/mol. The van der Waals surface area contributed by atoms with Gasteiger partial charge in [-0.3, -0.25) is 0 Å². The highest BCUT2D eigenvalue weighted by atomic mass is 16.5. The van der Waals surface area contributed by atoms with E-state index in [1.807, 2.05) is 0 Å². The van der Waals surface area contributed by atoms with E-state index < -0.39 is 0 Å². The van der Waals surface area contributed by atoms with E-state index in [-0.39, 0.29) is 0 Å². The van der Waals surface area contributed by atoms with Crippen LogP contribution in [0.25, 0.3) is 0 Å². The van der Waals surface area contributed by atoms with Crippen LogP contribution in [0.3, 0.4) is 0 Å². The lowest BCUT2D eigenvalue weighted by molar-refractivity contribution is 0.346. The van der Waals surface area contributed by atoms with E-state index in [4.69, 9.17) is 4.74 Å². The highest BCUT2D eigenvalue weighted by molar-refractivity contribution is 5.89. The Balaban J connectivity index is 1.64. The van der Waals surface area contributed by atoms with Crippen LogP contribution in [0.2, 0.25) is 0 Å². The highest BCUT2D eigenvalue weighted by Gasteiger charge is 2.15. The van der Waals surface area contributed by atoms with Crippen LogP contribution in [-0.4, -0.2) is 19.2 Å². The molecule has 1 aromatic carbocycles. The second-order valence-corrected chi connectivity index (χ2v) is 5.12. The van der Waals surface area contributed by atoms with Gasteiger partial charge in [-0.2, -0.15) is 0 Å². The molecule has 1 fully saturated rings. The average Bonchev–Trinajstić information content (AvgIpc) is 2.94. The van der Waals surface area contributed by atoms with E-state index in [0.29, 0.717) is 12.6 Å². The van der Waals surface area contributed by atoms with Crippen molar-refractivity contribution in [2.24, 2.45) is 4.99 Å². The Kier molecular flexibility index (Phi) is 3.49. The molecule has 0 atom stereocenters.